The lowest BCUT2D eigenvalue weighted by Crippen LogP contribution is -2.29. The van der Waals surface area contributed by atoms with Crippen LogP contribution >= 0.6 is 0 Å². The topological polar surface area (TPSA) is 6.48 Å². The molecule has 1 saturated carbocycles. The number of rotatable bonds is 5. The lowest BCUT2D eigenvalue weighted by atomic mass is 9.76. The van der Waals surface area contributed by atoms with Gasteiger partial charge in [0, 0.05) is 46.6 Å². The Bertz CT molecular complexity index is 2560. The van der Waals surface area contributed by atoms with Crippen LogP contribution < -0.4 is 9.80 Å². The van der Waals surface area contributed by atoms with Crippen molar-refractivity contribution in [2.75, 3.05) is 22.9 Å². The van der Waals surface area contributed by atoms with Crippen LogP contribution in [-0.2, 0) is 11.8 Å². The van der Waals surface area contributed by atoms with E-state index in [1.807, 2.05) is 0 Å². The van der Waals surface area contributed by atoms with Gasteiger partial charge in [0.15, 0.2) is 0 Å². The van der Waals surface area contributed by atoms with Gasteiger partial charge >= 0.3 is 0 Å². The predicted molar refractivity (Wildman–Crippen MR) is 233 cm³/mol. The maximum absolute atomic E-state index is 2.62. The van der Waals surface area contributed by atoms with Crippen molar-refractivity contribution < 1.29 is 0 Å². The molecular formula is C53H48N2. The average Bonchev–Trinajstić information content (AvgIpc) is 3.85. The number of hydrogen-bond acceptors (Lipinski definition) is 2. The van der Waals surface area contributed by atoms with E-state index >= 15 is 0 Å². The Morgan fingerprint density at radius 2 is 1.24 bits per heavy atom. The van der Waals surface area contributed by atoms with Crippen LogP contribution in [0.15, 0.2) is 145 Å². The molecule has 3 aliphatic carbocycles. The third-order valence-electron chi connectivity index (χ3n) is 13.5. The minimum Gasteiger partial charge on any atom is -0.342 e. The fraction of sp³-hybridized carbons (Fsp3) is 0.245. The molecule has 0 N–H and O–H groups in total. The molecule has 2 heterocycles. The summed E-state index contributed by atoms with van der Waals surface area (Å²) in [5, 5.41) is 2.62. The highest BCUT2D eigenvalue weighted by Gasteiger charge is 2.45. The molecule has 11 rings (SSSR count). The second-order valence-electron chi connectivity index (χ2n) is 16.5. The second-order valence-corrected chi connectivity index (χ2v) is 16.5. The van der Waals surface area contributed by atoms with Gasteiger partial charge in [0.05, 0.1) is 0 Å². The van der Waals surface area contributed by atoms with Crippen molar-refractivity contribution in [3.05, 3.63) is 173 Å². The van der Waals surface area contributed by atoms with Crippen LogP contribution in [0, 0.1) is 0 Å². The first kappa shape index (κ1) is 32.8. The SMILES string of the molecule is C1=CC2=C(CC1)CCCN2c1ccc2c(c1)C1(CCCC1)c1cc(/C=C/c3ccc(-c4ccc(N5CCCc6ccccc65)c5ccccc45)cc3)ccc1-2. The van der Waals surface area contributed by atoms with Crippen molar-refractivity contribution in [2.45, 2.75) is 69.6 Å². The number of benzene rings is 6. The van der Waals surface area contributed by atoms with Gasteiger partial charge < -0.3 is 9.80 Å². The van der Waals surface area contributed by atoms with Crippen molar-refractivity contribution in [3.63, 3.8) is 0 Å². The number of nitrogens with zero attached hydrogens (tertiary/aromatic N) is 2. The number of aryl methyl sites for hydroxylation is 1. The van der Waals surface area contributed by atoms with Crippen molar-refractivity contribution in [3.8, 4) is 22.3 Å². The molecule has 0 saturated heterocycles. The maximum atomic E-state index is 2.62. The summed E-state index contributed by atoms with van der Waals surface area (Å²) in [6, 6.07) is 46.4. The number of para-hydroxylation sites is 1. The van der Waals surface area contributed by atoms with Gasteiger partial charge in [0.2, 0.25) is 0 Å². The summed E-state index contributed by atoms with van der Waals surface area (Å²) in [6.07, 6.45) is 21.8. The number of anilines is 3. The van der Waals surface area contributed by atoms with Crippen molar-refractivity contribution in [1.29, 1.82) is 0 Å². The van der Waals surface area contributed by atoms with Gasteiger partial charge in [-0.3, -0.25) is 0 Å². The Balaban J connectivity index is 0.875. The monoisotopic (exact) mass is 712 g/mol. The van der Waals surface area contributed by atoms with Gasteiger partial charge in [0.25, 0.3) is 0 Å². The van der Waals surface area contributed by atoms with E-state index in [2.05, 4.69) is 155 Å². The second kappa shape index (κ2) is 13.3. The van der Waals surface area contributed by atoms with Crippen LogP contribution in [0.5, 0.6) is 0 Å². The van der Waals surface area contributed by atoms with Crippen molar-refractivity contribution in [2.24, 2.45) is 0 Å². The number of allylic oxidation sites excluding steroid dienone is 3. The normalized spacial score (nSPS) is 18.3. The van der Waals surface area contributed by atoms with Crippen LogP contribution in [0.1, 0.15) is 85.6 Å². The van der Waals surface area contributed by atoms with Crippen molar-refractivity contribution in [1.82, 2.24) is 0 Å². The molecule has 55 heavy (non-hydrogen) atoms. The van der Waals surface area contributed by atoms with E-state index in [-0.39, 0.29) is 5.41 Å². The Morgan fingerprint density at radius 3 is 2.13 bits per heavy atom. The molecule has 2 nitrogen and oxygen atoms in total. The summed E-state index contributed by atoms with van der Waals surface area (Å²) in [5.41, 5.74) is 19.8. The van der Waals surface area contributed by atoms with Crippen LogP contribution in [0.4, 0.5) is 17.1 Å². The summed E-state index contributed by atoms with van der Waals surface area (Å²) < 4.78 is 0. The molecule has 2 aliphatic heterocycles. The molecule has 0 aromatic heterocycles. The van der Waals surface area contributed by atoms with Gasteiger partial charge in [-0.05, 0) is 143 Å². The predicted octanol–water partition coefficient (Wildman–Crippen LogP) is 13.8. The third-order valence-corrected chi connectivity index (χ3v) is 13.5. The molecule has 0 unspecified atom stereocenters. The fourth-order valence-electron chi connectivity index (χ4n) is 10.9. The van der Waals surface area contributed by atoms with E-state index in [0.29, 0.717) is 0 Å². The van der Waals surface area contributed by atoms with Gasteiger partial charge in [-0.1, -0.05) is 128 Å². The van der Waals surface area contributed by atoms with E-state index in [1.165, 1.54) is 130 Å². The summed E-state index contributed by atoms with van der Waals surface area (Å²) in [5.74, 6) is 0. The highest BCUT2D eigenvalue weighted by atomic mass is 15.2. The zero-order valence-corrected chi connectivity index (χ0v) is 31.7. The zero-order chi connectivity index (χ0) is 36.3. The van der Waals surface area contributed by atoms with Gasteiger partial charge in [-0.25, -0.2) is 0 Å². The molecule has 0 radical (unpaired) electrons. The summed E-state index contributed by atoms with van der Waals surface area (Å²) in [4.78, 5) is 5.14. The highest BCUT2D eigenvalue weighted by Crippen LogP contribution is 2.58. The van der Waals surface area contributed by atoms with Gasteiger partial charge in [0.1, 0.15) is 0 Å². The Morgan fingerprint density at radius 1 is 0.527 bits per heavy atom. The smallest absolute Gasteiger partial charge is 0.0490 e. The Kier molecular flexibility index (Phi) is 7.94. The van der Waals surface area contributed by atoms with E-state index in [9.17, 15) is 0 Å². The van der Waals surface area contributed by atoms with Crippen molar-refractivity contribution >= 4 is 40.0 Å². The number of hydrogen-bond donors (Lipinski definition) is 0. The first-order valence-electron chi connectivity index (χ1n) is 20.8. The largest absolute Gasteiger partial charge is 0.342 e. The Labute approximate surface area is 326 Å². The molecule has 1 fully saturated rings. The zero-order valence-electron chi connectivity index (χ0n) is 31.7. The van der Waals surface area contributed by atoms with Crippen LogP contribution in [0.25, 0.3) is 45.2 Å². The molecule has 2 heteroatoms. The van der Waals surface area contributed by atoms with E-state index in [4.69, 9.17) is 0 Å². The Hall–Kier alpha value is -5.60. The quantitative estimate of drug-likeness (QED) is 0.164. The summed E-state index contributed by atoms with van der Waals surface area (Å²) in [6.45, 7) is 2.17. The molecule has 0 amide bonds. The molecule has 6 aromatic rings. The lowest BCUT2D eigenvalue weighted by molar-refractivity contribution is 0.549. The molecule has 6 aromatic carbocycles. The molecule has 0 atom stereocenters. The minimum atomic E-state index is 0.136. The number of fused-ring (bicyclic) bond motifs is 7. The molecular weight excluding hydrogens is 665 g/mol. The average molecular weight is 713 g/mol. The molecule has 270 valence electrons. The van der Waals surface area contributed by atoms with Crippen LogP contribution in [-0.4, -0.2) is 13.1 Å². The summed E-state index contributed by atoms with van der Waals surface area (Å²) in [7, 11) is 0. The maximum Gasteiger partial charge on any atom is 0.0490 e. The van der Waals surface area contributed by atoms with E-state index in [0.717, 1.165) is 19.5 Å². The molecule has 5 aliphatic rings. The van der Waals surface area contributed by atoms with Gasteiger partial charge in [-0.15, -0.1) is 0 Å². The molecule has 0 bridgehead atoms. The standard InChI is InChI=1S/C53H48N2/c1-5-17-50-40(11-1)13-9-33-54(50)42-26-28-46-45-27-23-38(35-48(45)53(49(46)36-42)31-7-8-32-53)20-19-37-21-24-39(25-22-37)43-29-30-52(47-16-4-3-15-44(43)47)55-34-10-14-41-12-2-6-18-51(41)55/h2-6,12,15-30,35-36H,1,7-11,13-14,31-34H2/b20-19+. The van der Waals surface area contributed by atoms with Crippen LogP contribution in [0.2, 0.25) is 0 Å². The summed E-state index contributed by atoms with van der Waals surface area (Å²) >= 11 is 0. The van der Waals surface area contributed by atoms with Gasteiger partial charge in [-0.2, -0.15) is 0 Å². The molecule has 1 spiro atoms. The first-order valence-corrected chi connectivity index (χ1v) is 20.8. The lowest BCUT2D eigenvalue weighted by Gasteiger charge is -2.35. The third kappa shape index (κ3) is 5.44. The van der Waals surface area contributed by atoms with Crippen LogP contribution in [0.3, 0.4) is 0 Å². The fourth-order valence-corrected chi connectivity index (χ4v) is 10.9. The van der Waals surface area contributed by atoms with E-state index < -0.39 is 0 Å². The van der Waals surface area contributed by atoms with E-state index in [1.54, 1.807) is 16.7 Å². The minimum absolute atomic E-state index is 0.136. The highest BCUT2D eigenvalue weighted by molar-refractivity contribution is 6.05. The first-order chi connectivity index (χ1) is 27.2.